The summed E-state index contributed by atoms with van der Waals surface area (Å²) < 4.78 is 6.48. The Labute approximate surface area is 170 Å². The molecule has 2 aliphatic rings. The molecule has 0 spiro atoms. The van der Waals surface area contributed by atoms with Gasteiger partial charge in [-0.15, -0.1) is 0 Å². The molecule has 2 aromatic rings. The molecule has 150 valence electrons. The van der Waals surface area contributed by atoms with Crippen molar-refractivity contribution in [3.63, 3.8) is 0 Å². The molecule has 0 bridgehead atoms. The Kier molecular flexibility index (Phi) is 6.49. The number of rotatable bonds is 6. The fourth-order valence-electron chi connectivity index (χ4n) is 5.13. The molecule has 0 unspecified atom stereocenters. The van der Waals surface area contributed by atoms with E-state index in [2.05, 4.69) is 72.5 Å². The zero-order chi connectivity index (χ0) is 19.2. The first kappa shape index (κ1) is 19.7. The largest absolute Gasteiger partial charge is 0.378 e. The molecular weight excluding hydrogens is 342 g/mol. The van der Waals surface area contributed by atoms with Crippen molar-refractivity contribution >= 4 is 0 Å². The molecule has 0 radical (unpaired) electrons. The summed E-state index contributed by atoms with van der Waals surface area (Å²) >= 11 is 0. The van der Waals surface area contributed by atoms with Gasteiger partial charge in [-0.3, -0.25) is 4.90 Å². The molecule has 0 N–H and O–H groups in total. The van der Waals surface area contributed by atoms with Crippen molar-refractivity contribution in [1.82, 2.24) is 4.90 Å². The quantitative estimate of drug-likeness (QED) is 0.609. The van der Waals surface area contributed by atoms with Crippen molar-refractivity contribution in [2.24, 2.45) is 5.41 Å². The number of benzene rings is 2. The van der Waals surface area contributed by atoms with Crippen LogP contribution in [-0.4, -0.2) is 30.7 Å². The molecule has 1 atom stereocenters. The summed E-state index contributed by atoms with van der Waals surface area (Å²) in [5, 5.41) is 0. The smallest absolute Gasteiger partial charge is 0.0575 e. The van der Waals surface area contributed by atoms with Gasteiger partial charge in [0, 0.05) is 18.5 Å². The summed E-state index contributed by atoms with van der Waals surface area (Å²) in [5.74, 6) is 0.729. The number of hydrogen-bond donors (Lipinski definition) is 0. The fourth-order valence-corrected chi connectivity index (χ4v) is 5.13. The summed E-state index contributed by atoms with van der Waals surface area (Å²) in [4.78, 5) is 2.62. The van der Waals surface area contributed by atoms with E-state index in [1.807, 2.05) is 0 Å². The van der Waals surface area contributed by atoms with Crippen LogP contribution in [0.25, 0.3) is 0 Å². The van der Waals surface area contributed by atoms with Crippen molar-refractivity contribution in [2.75, 3.05) is 19.7 Å². The second-order valence-electron chi connectivity index (χ2n) is 9.31. The first-order valence-electron chi connectivity index (χ1n) is 11.1. The second kappa shape index (κ2) is 9.24. The van der Waals surface area contributed by atoms with Crippen LogP contribution in [0, 0.1) is 5.41 Å². The number of likely N-dealkylation sites (tertiary alicyclic amines) is 1. The van der Waals surface area contributed by atoms with E-state index >= 15 is 0 Å². The molecule has 2 fully saturated rings. The zero-order valence-electron chi connectivity index (χ0n) is 17.4. The van der Waals surface area contributed by atoms with Crippen molar-refractivity contribution < 1.29 is 4.74 Å². The van der Waals surface area contributed by atoms with Crippen molar-refractivity contribution in [1.29, 1.82) is 0 Å². The van der Waals surface area contributed by atoms with Gasteiger partial charge in [-0.2, -0.15) is 0 Å². The van der Waals surface area contributed by atoms with E-state index in [0.29, 0.717) is 11.5 Å². The summed E-state index contributed by atoms with van der Waals surface area (Å²) in [6.07, 6.45) is 8.00. The zero-order valence-corrected chi connectivity index (χ0v) is 17.4. The highest BCUT2D eigenvalue weighted by atomic mass is 16.5. The van der Waals surface area contributed by atoms with E-state index in [1.54, 1.807) is 0 Å². The van der Waals surface area contributed by atoms with E-state index in [4.69, 9.17) is 4.74 Å². The minimum atomic E-state index is 0.295. The van der Waals surface area contributed by atoms with Gasteiger partial charge in [0.15, 0.2) is 0 Å². The third kappa shape index (κ3) is 5.24. The predicted octanol–water partition coefficient (Wildman–Crippen LogP) is 6.03. The lowest BCUT2D eigenvalue weighted by Gasteiger charge is -2.41. The lowest BCUT2D eigenvalue weighted by Crippen LogP contribution is -2.44. The monoisotopic (exact) mass is 377 g/mol. The van der Waals surface area contributed by atoms with E-state index < -0.39 is 0 Å². The normalized spacial score (nSPS) is 28.9. The van der Waals surface area contributed by atoms with Gasteiger partial charge in [-0.05, 0) is 62.1 Å². The molecule has 28 heavy (non-hydrogen) atoms. The Balaban J connectivity index is 1.24. The first-order valence-corrected chi connectivity index (χ1v) is 11.1. The average Bonchev–Trinajstić information content (AvgIpc) is 2.74. The van der Waals surface area contributed by atoms with Crippen LogP contribution in [-0.2, 0) is 11.3 Å². The Hall–Kier alpha value is -1.64. The van der Waals surface area contributed by atoms with E-state index in [1.165, 1.54) is 56.2 Å². The van der Waals surface area contributed by atoms with Gasteiger partial charge in [-0.25, -0.2) is 0 Å². The Bertz CT molecular complexity index is 708. The number of ether oxygens (including phenoxy) is 1. The molecule has 2 nitrogen and oxygen atoms in total. The van der Waals surface area contributed by atoms with E-state index in [9.17, 15) is 0 Å². The molecule has 0 aromatic heterocycles. The van der Waals surface area contributed by atoms with Crippen LogP contribution >= 0.6 is 0 Å². The lowest BCUT2D eigenvalue weighted by atomic mass is 9.81. The third-order valence-corrected chi connectivity index (χ3v) is 6.72. The molecule has 1 heterocycles. The molecule has 2 heteroatoms. The van der Waals surface area contributed by atoms with Crippen LogP contribution in [0.3, 0.4) is 0 Å². The van der Waals surface area contributed by atoms with Gasteiger partial charge in [0.25, 0.3) is 0 Å². The highest BCUT2D eigenvalue weighted by Crippen LogP contribution is 2.36. The van der Waals surface area contributed by atoms with Gasteiger partial charge >= 0.3 is 0 Å². The van der Waals surface area contributed by atoms with Crippen molar-refractivity contribution in [3.8, 4) is 0 Å². The van der Waals surface area contributed by atoms with Crippen LogP contribution in [0.4, 0.5) is 0 Å². The van der Waals surface area contributed by atoms with Crippen LogP contribution in [0.5, 0.6) is 0 Å². The maximum Gasteiger partial charge on any atom is 0.0575 e. The second-order valence-corrected chi connectivity index (χ2v) is 9.31. The van der Waals surface area contributed by atoms with Crippen LogP contribution in [0.15, 0.2) is 60.7 Å². The topological polar surface area (TPSA) is 12.5 Å². The number of piperidine rings is 1. The molecule has 0 amide bonds. The van der Waals surface area contributed by atoms with Crippen molar-refractivity contribution in [3.05, 3.63) is 71.8 Å². The maximum atomic E-state index is 6.48. The van der Waals surface area contributed by atoms with Crippen molar-refractivity contribution in [2.45, 2.75) is 64.0 Å². The Morgan fingerprint density at radius 3 is 2.32 bits per heavy atom. The molecule has 2 aromatic carbocycles. The molecule has 4 rings (SSSR count). The minimum Gasteiger partial charge on any atom is -0.378 e. The van der Waals surface area contributed by atoms with Gasteiger partial charge in [0.1, 0.15) is 0 Å². The number of hydrogen-bond acceptors (Lipinski definition) is 2. The van der Waals surface area contributed by atoms with Gasteiger partial charge < -0.3 is 4.74 Å². The SMILES string of the molecule is C[C@]1(CO[C@H]2CC[C@@H](c3ccccc3)CC2)CCCN(Cc2ccccc2)C1. The highest BCUT2D eigenvalue weighted by molar-refractivity contribution is 5.20. The van der Waals surface area contributed by atoms with E-state index in [0.717, 1.165) is 25.6 Å². The first-order chi connectivity index (χ1) is 13.7. The summed E-state index contributed by atoms with van der Waals surface area (Å²) in [5.41, 5.74) is 3.23. The van der Waals surface area contributed by atoms with Gasteiger partial charge in [-0.1, -0.05) is 67.6 Å². The molecule has 1 aliphatic heterocycles. The Morgan fingerprint density at radius 2 is 1.61 bits per heavy atom. The van der Waals surface area contributed by atoms with Gasteiger partial charge in [0.05, 0.1) is 12.7 Å². The van der Waals surface area contributed by atoms with Crippen LogP contribution in [0.2, 0.25) is 0 Å². The lowest BCUT2D eigenvalue weighted by molar-refractivity contribution is -0.0479. The minimum absolute atomic E-state index is 0.295. The summed E-state index contributed by atoms with van der Waals surface area (Å²) in [6.45, 7) is 6.78. The molecule has 1 aliphatic carbocycles. The van der Waals surface area contributed by atoms with Gasteiger partial charge in [0.2, 0.25) is 0 Å². The summed E-state index contributed by atoms with van der Waals surface area (Å²) in [7, 11) is 0. The third-order valence-electron chi connectivity index (χ3n) is 6.72. The van der Waals surface area contributed by atoms with Crippen LogP contribution in [0.1, 0.15) is 62.5 Å². The highest BCUT2D eigenvalue weighted by Gasteiger charge is 2.33. The molecule has 1 saturated carbocycles. The molecule has 1 saturated heterocycles. The summed E-state index contributed by atoms with van der Waals surface area (Å²) in [6, 6.07) is 21.9. The maximum absolute atomic E-state index is 6.48. The standard InChI is InChI=1S/C26H35NO/c1-26(17-8-18-27(20-26)19-22-9-4-2-5-10-22)21-28-25-15-13-24(14-16-25)23-11-6-3-7-12-23/h2-7,9-12,24-25H,8,13-21H2,1H3/t24-,25+,26-/m0/s1. The van der Waals surface area contributed by atoms with E-state index in [-0.39, 0.29) is 0 Å². The Morgan fingerprint density at radius 1 is 0.929 bits per heavy atom. The fraction of sp³-hybridized carbons (Fsp3) is 0.538. The molecular formula is C26H35NO. The average molecular weight is 378 g/mol. The van der Waals surface area contributed by atoms with Crippen LogP contribution < -0.4 is 0 Å². The predicted molar refractivity (Wildman–Crippen MR) is 116 cm³/mol. The number of nitrogens with zero attached hydrogens (tertiary/aromatic N) is 1.